The van der Waals surface area contributed by atoms with Crippen LogP contribution in [0.25, 0.3) is 0 Å². The minimum atomic E-state index is -0.763. The summed E-state index contributed by atoms with van der Waals surface area (Å²) < 4.78 is 6.11. The summed E-state index contributed by atoms with van der Waals surface area (Å²) in [6.45, 7) is 12.4. The molecule has 5 nitrogen and oxygen atoms in total. The number of aliphatic hydroxyl groups excluding tert-OH is 1. The topological polar surface area (TPSA) is 92.8 Å². The Bertz CT molecular complexity index is 1080. The van der Waals surface area contributed by atoms with E-state index in [-0.39, 0.29) is 28.2 Å². The number of phenolic OH excluding ortho intramolecular Hbond substituents is 1. The number of carbonyl (C=O) groups is 1. The smallest absolute Gasteiger partial charge is 0.349 e. The van der Waals surface area contributed by atoms with E-state index in [2.05, 4.69) is 34.6 Å². The van der Waals surface area contributed by atoms with Gasteiger partial charge in [0, 0.05) is 17.0 Å². The van der Waals surface area contributed by atoms with Crippen molar-refractivity contribution in [1.82, 2.24) is 0 Å². The van der Waals surface area contributed by atoms with E-state index in [0.717, 1.165) is 21.6 Å². The van der Waals surface area contributed by atoms with Crippen molar-refractivity contribution in [2.45, 2.75) is 83.1 Å². The summed E-state index contributed by atoms with van der Waals surface area (Å²) in [7, 11) is 0. The van der Waals surface area contributed by atoms with Gasteiger partial charge in [-0.3, -0.25) is 0 Å². The third-order valence-corrected chi connectivity index (χ3v) is 7.38. The largest absolute Gasteiger partial charge is 0.511 e. The number of cyclic esters (lactones) is 1. The number of carbonyl (C=O) groups excluding carboxylic acids is 1. The molecule has 1 heterocycles. The molecule has 2 aromatic rings. The monoisotopic (exact) mass is 483 g/mol. The maximum Gasteiger partial charge on any atom is 0.349 e. The fraction of sp³-hybridized carbons (Fsp3) is 0.464. The molecule has 4 N–H and O–H groups in total. The van der Waals surface area contributed by atoms with Crippen LogP contribution in [0.1, 0.15) is 70.6 Å². The maximum absolute atomic E-state index is 13.3. The highest BCUT2D eigenvalue weighted by Gasteiger charge is 2.42. The van der Waals surface area contributed by atoms with Crippen molar-refractivity contribution >= 4 is 23.4 Å². The molecule has 184 valence electrons. The van der Waals surface area contributed by atoms with Gasteiger partial charge in [-0.2, -0.15) is 0 Å². The maximum atomic E-state index is 13.3. The second-order valence-electron chi connectivity index (χ2n) is 10.8. The van der Waals surface area contributed by atoms with E-state index in [1.54, 1.807) is 12.1 Å². The third kappa shape index (κ3) is 6.09. The van der Waals surface area contributed by atoms with Crippen LogP contribution in [0.3, 0.4) is 0 Å². The number of aliphatic hydroxyl groups is 1. The van der Waals surface area contributed by atoms with Gasteiger partial charge in [-0.05, 0) is 78.5 Å². The van der Waals surface area contributed by atoms with Crippen molar-refractivity contribution in [2.75, 3.05) is 5.73 Å². The second kappa shape index (κ2) is 9.95. The molecule has 1 aliphatic heterocycles. The van der Waals surface area contributed by atoms with Crippen LogP contribution in [-0.2, 0) is 21.4 Å². The summed E-state index contributed by atoms with van der Waals surface area (Å²) in [5.41, 5.74) is 8.95. The van der Waals surface area contributed by atoms with E-state index in [9.17, 15) is 15.0 Å². The molecule has 1 aliphatic rings. The van der Waals surface area contributed by atoms with Crippen molar-refractivity contribution in [1.29, 1.82) is 0 Å². The van der Waals surface area contributed by atoms with Crippen LogP contribution < -0.4 is 5.73 Å². The molecule has 0 fully saturated rings. The van der Waals surface area contributed by atoms with Crippen LogP contribution in [0.4, 0.5) is 5.69 Å². The average Bonchev–Trinajstić information content (AvgIpc) is 2.71. The number of nitrogens with two attached hydrogens (primary N) is 1. The number of esters is 1. The fourth-order valence-electron chi connectivity index (χ4n) is 4.50. The average molecular weight is 484 g/mol. The normalized spacial score (nSPS) is 19.0. The van der Waals surface area contributed by atoms with Crippen LogP contribution in [0.5, 0.6) is 5.75 Å². The molecular formula is C28H37NO4S. The van der Waals surface area contributed by atoms with Crippen LogP contribution >= 0.6 is 11.8 Å². The number of benzene rings is 2. The molecule has 0 spiro atoms. The van der Waals surface area contributed by atoms with Gasteiger partial charge in [0.05, 0.1) is 0 Å². The van der Waals surface area contributed by atoms with Gasteiger partial charge in [0.2, 0.25) is 0 Å². The van der Waals surface area contributed by atoms with Crippen molar-refractivity contribution < 1.29 is 19.7 Å². The highest BCUT2D eigenvalue weighted by atomic mass is 32.2. The van der Waals surface area contributed by atoms with Gasteiger partial charge in [-0.15, -0.1) is 0 Å². The van der Waals surface area contributed by atoms with Gasteiger partial charge >= 0.3 is 5.97 Å². The van der Waals surface area contributed by atoms with Crippen LogP contribution in [0.2, 0.25) is 0 Å². The van der Waals surface area contributed by atoms with Crippen LogP contribution in [0.15, 0.2) is 52.0 Å². The lowest BCUT2D eigenvalue weighted by Gasteiger charge is -2.38. The second-order valence-corrected chi connectivity index (χ2v) is 11.9. The first kappa shape index (κ1) is 26.0. The standard InChI is InChI=1S/C28H37NO4S/c1-17(2)15-28(12-11-19-7-9-20(30)10-8-19)16-23(31)25(26(32)33-28)34-24-13-18(3)22(29)14-21(24)27(4,5)6/h7-10,13-14,17,30-31H,11-12,15-16,29H2,1-6H3/t28-/m0/s1. The fourth-order valence-corrected chi connectivity index (χ4v) is 5.74. The molecule has 0 saturated heterocycles. The zero-order valence-corrected chi connectivity index (χ0v) is 21.9. The van der Waals surface area contributed by atoms with Gasteiger partial charge in [-0.1, -0.05) is 58.5 Å². The highest BCUT2D eigenvalue weighted by Crippen LogP contribution is 2.45. The molecule has 0 unspecified atom stereocenters. The molecule has 6 heteroatoms. The SMILES string of the molecule is Cc1cc(SC2=C(O)C[C@](CCc3ccc(O)cc3)(CC(C)C)OC2=O)c(C(C)(C)C)cc1N. The molecule has 0 saturated carbocycles. The first-order valence-electron chi connectivity index (χ1n) is 11.8. The van der Waals surface area contributed by atoms with E-state index in [1.165, 1.54) is 11.8 Å². The first-order chi connectivity index (χ1) is 15.8. The molecule has 0 aromatic heterocycles. The van der Waals surface area contributed by atoms with E-state index >= 15 is 0 Å². The zero-order chi connectivity index (χ0) is 25.3. The lowest BCUT2D eigenvalue weighted by atomic mass is 9.82. The predicted octanol–water partition coefficient (Wildman–Crippen LogP) is 6.81. The molecule has 0 radical (unpaired) electrons. The van der Waals surface area contributed by atoms with Crippen molar-refractivity contribution in [3.8, 4) is 5.75 Å². The van der Waals surface area contributed by atoms with Crippen molar-refractivity contribution in [3.05, 3.63) is 63.8 Å². The van der Waals surface area contributed by atoms with E-state index in [1.807, 2.05) is 31.2 Å². The van der Waals surface area contributed by atoms with Crippen LogP contribution in [0, 0.1) is 12.8 Å². The number of anilines is 1. The van der Waals surface area contributed by atoms with Gasteiger partial charge in [-0.25, -0.2) is 4.79 Å². The number of hydrogen-bond donors (Lipinski definition) is 3. The molecule has 2 aromatic carbocycles. The lowest BCUT2D eigenvalue weighted by Crippen LogP contribution is -2.41. The Labute approximate surface area is 207 Å². The molecule has 1 atom stereocenters. The Hall–Kier alpha value is -2.60. The quantitative estimate of drug-likeness (QED) is 0.296. The Morgan fingerprint density at radius 3 is 2.35 bits per heavy atom. The minimum Gasteiger partial charge on any atom is -0.511 e. The van der Waals surface area contributed by atoms with Gasteiger partial charge in [0.1, 0.15) is 22.0 Å². The number of aryl methyl sites for hydroxylation is 2. The summed E-state index contributed by atoms with van der Waals surface area (Å²) in [5, 5.41) is 20.6. The summed E-state index contributed by atoms with van der Waals surface area (Å²) in [6.07, 6.45) is 2.22. The Morgan fingerprint density at radius 1 is 1.15 bits per heavy atom. The summed E-state index contributed by atoms with van der Waals surface area (Å²) >= 11 is 1.26. The van der Waals surface area contributed by atoms with Gasteiger partial charge in [0.15, 0.2) is 0 Å². The molecule has 34 heavy (non-hydrogen) atoms. The molecular weight excluding hydrogens is 446 g/mol. The van der Waals surface area contributed by atoms with E-state index < -0.39 is 11.6 Å². The lowest BCUT2D eigenvalue weighted by molar-refractivity contribution is -0.160. The third-order valence-electron chi connectivity index (χ3n) is 6.22. The summed E-state index contributed by atoms with van der Waals surface area (Å²) in [4.78, 5) is 14.4. The highest BCUT2D eigenvalue weighted by molar-refractivity contribution is 8.04. The summed E-state index contributed by atoms with van der Waals surface area (Å²) in [5.74, 6) is 0.123. The number of rotatable bonds is 7. The Balaban J connectivity index is 1.91. The summed E-state index contributed by atoms with van der Waals surface area (Å²) in [6, 6.07) is 11.0. The zero-order valence-electron chi connectivity index (χ0n) is 21.1. The number of phenols is 1. The number of nitrogen functional groups attached to an aromatic ring is 1. The minimum absolute atomic E-state index is 0.0851. The molecule has 0 aliphatic carbocycles. The first-order valence-corrected chi connectivity index (χ1v) is 12.6. The van der Waals surface area contributed by atoms with Crippen molar-refractivity contribution in [2.24, 2.45) is 5.92 Å². The number of ether oxygens (including phenoxy) is 1. The molecule has 3 rings (SSSR count). The van der Waals surface area contributed by atoms with E-state index in [4.69, 9.17) is 10.5 Å². The van der Waals surface area contributed by atoms with Crippen molar-refractivity contribution in [3.63, 3.8) is 0 Å². The Morgan fingerprint density at radius 2 is 1.79 bits per heavy atom. The number of aromatic hydroxyl groups is 1. The predicted molar refractivity (Wildman–Crippen MR) is 139 cm³/mol. The van der Waals surface area contributed by atoms with Gasteiger partial charge in [0.25, 0.3) is 0 Å². The number of hydrogen-bond acceptors (Lipinski definition) is 6. The Kier molecular flexibility index (Phi) is 7.61. The van der Waals surface area contributed by atoms with E-state index in [0.29, 0.717) is 30.9 Å². The molecule has 0 bridgehead atoms. The van der Waals surface area contributed by atoms with Gasteiger partial charge < -0.3 is 20.7 Å². The number of thioether (sulfide) groups is 1. The van der Waals surface area contributed by atoms with Crippen LogP contribution in [-0.4, -0.2) is 21.8 Å². The molecule has 0 amide bonds.